The molecular formula is C21H23ClN4O. The van der Waals surface area contributed by atoms with Crippen LogP contribution in [-0.4, -0.2) is 50.2 Å². The number of aliphatic imine (C=N–C) groups is 1. The Kier molecular flexibility index (Phi) is 4.89. The van der Waals surface area contributed by atoms with E-state index >= 15 is 0 Å². The lowest BCUT2D eigenvalue weighted by Gasteiger charge is -2.26. The van der Waals surface area contributed by atoms with Crippen LogP contribution in [-0.2, 0) is 4.79 Å². The van der Waals surface area contributed by atoms with Gasteiger partial charge in [-0.1, -0.05) is 17.7 Å². The van der Waals surface area contributed by atoms with E-state index in [-0.39, 0.29) is 17.9 Å². The number of carbonyl (C=O) groups is 1. The highest BCUT2D eigenvalue weighted by Gasteiger charge is 2.36. The van der Waals surface area contributed by atoms with Crippen LogP contribution in [0, 0.1) is 5.92 Å². The predicted octanol–water partition coefficient (Wildman–Crippen LogP) is 2.42. The molecule has 2 unspecified atom stereocenters. The molecule has 2 aliphatic carbocycles. The summed E-state index contributed by atoms with van der Waals surface area (Å²) < 4.78 is 0. The Bertz CT molecular complexity index is 886. The largest absolute Gasteiger partial charge is 0.374 e. The van der Waals surface area contributed by atoms with E-state index in [2.05, 4.69) is 26.6 Å². The smallest absolute Gasteiger partial charge is 0.248 e. The van der Waals surface area contributed by atoms with E-state index in [4.69, 9.17) is 11.6 Å². The van der Waals surface area contributed by atoms with Crippen molar-refractivity contribution in [1.29, 1.82) is 0 Å². The fourth-order valence-corrected chi connectivity index (χ4v) is 3.99. The molecule has 4 rings (SSSR count). The number of amides is 1. The van der Waals surface area contributed by atoms with Gasteiger partial charge in [-0.15, -0.1) is 0 Å². The summed E-state index contributed by atoms with van der Waals surface area (Å²) >= 11 is 6.22. The summed E-state index contributed by atoms with van der Waals surface area (Å²) in [6, 6.07) is 0.0941. The zero-order chi connectivity index (χ0) is 19.0. The molecule has 2 heterocycles. The Balaban J connectivity index is 1.64. The molecule has 0 saturated heterocycles. The second-order valence-corrected chi connectivity index (χ2v) is 7.75. The van der Waals surface area contributed by atoms with Crippen LogP contribution >= 0.6 is 11.6 Å². The van der Waals surface area contributed by atoms with E-state index in [0.29, 0.717) is 11.6 Å². The van der Waals surface area contributed by atoms with Gasteiger partial charge >= 0.3 is 0 Å². The van der Waals surface area contributed by atoms with Crippen molar-refractivity contribution in [2.75, 3.05) is 27.2 Å². The van der Waals surface area contributed by atoms with E-state index in [1.54, 1.807) is 6.20 Å². The number of fused-ring (bicyclic) bond motifs is 3. The van der Waals surface area contributed by atoms with Crippen LogP contribution in [0.15, 0.2) is 74.6 Å². The molecule has 0 spiro atoms. The monoisotopic (exact) mass is 382 g/mol. The van der Waals surface area contributed by atoms with Gasteiger partial charge in [0, 0.05) is 40.8 Å². The molecule has 27 heavy (non-hydrogen) atoms. The maximum atomic E-state index is 12.9. The molecule has 0 aromatic carbocycles. The summed E-state index contributed by atoms with van der Waals surface area (Å²) in [6.07, 6.45) is 14.5. The maximum absolute atomic E-state index is 12.9. The molecule has 0 fully saturated rings. The third-order valence-corrected chi connectivity index (χ3v) is 5.36. The predicted molar refractivity (Wildman–Crippen MR) is 109 cm³/mol. The summed E-state index contributed by atoms with van der Waals surface area (Å²) in [7, 11) is 4.06. The lowest BCUT2D eigenvalue weighted by Crippen LogP contribution is -2.34. The van der Waals surface area contributed by atoms with Crippen molar-refractivity contribution >= 4 is 23.7 Å². The summed E-state index contributed by atoms with van der Waals surface area (Å²) in [5.74, 6) is -0.158. The fourth-order valence-electron chi connectivity index (χ4n) is 3.80. The molecule has 0 aromatic heterocycles. The van der Waals surface area contributed by atoms with Crippen molar-refractivity contribution in [1.82, 2.24) is 15.5 Å². The Hall–Kier alpha value is -2.37. The van der Waals surface area contributed by atoms with E-state index in [1.807, 2.05) is 44.6 Å². The molecule has 0 radical (unpaired) electrons. The van der Waals surface area contributed by atoms with Gasteiger partial charge in [-0.3, -0.25) is 9.79 Å². The molecular weight excluding hydrogens is 360 g/mol. The van der Waals surface area contributed by atoms with Crippen molar-refractivity contribution in [3.8, 4) is 0 Å². The van der Waals surface area contributed by atoms with Crippen LogP contribution in [0.5, 0.6) is 0 Å². The van der Waals surface area contributed by atoms with Crippen molar-refractivity contribution in [2.24, 2.45) is 10.9 Å². The van der Waals surface area contributed by atoms with Crippen LogP contribution in [0.4, 0.5) is 0 Å². The van der Waals surface area contributed by atoms with Gasteiger partial charge in [-0.2, -0.15) is 0 Å². The molecule has 2 N–H and O–H groups in total. The van der Waals surface area contributed by atoms with Crippen LogP contribution in [0.2, 0.25) is 0 Å². The molecule has 6 heteroatoms. The van der Waals surface area contributed by atoms with Gasteiger partial charge in [0.15, 0.2) is 0 Å². The highest BCUT2D eigenvalue weighted by atomic mass is 35.5. The first kappa shape index (κ1) is 18.0. The van der Waals surface area contributed by atoms with Gasteiger partial charge in [-0.05, 0) is 62.5 Å². The molecule has 140 valence electrons. The first-order valence-electron chi connectivity index (χ1n) is 9.19. The topological polar surface area (TPSA) is 56.7 Å². The van der Waals surface area contributed by atoms with Crippen molar-refractivity contribution in [2.45, 2.75) is 12.5 Å². The normalized spacial score (nSPS) is 25.0. The summed E-state index contributed by atoms with van der Waals surface area (Å²) in [4.78, 5) is 19.3. The minimum atomic E-state index is -0.126. The average molecular weight is 383 g/mol. The highest BCUT2D eigenvalue weighted by molar-refractivity contribution is 6.31. The lowest BCUT2D eigenvalue weighted by atomic mass is 9.81. The maximum Gasteiger partial charge on any atom is 0.248 e. The number of rotatable bonds is 5. The van der Waals surface area contributed by atoms with Gasteiger partial charge in [0.1, 0.15) is 0 Å². The SMILES string of the molecule is CN(C)CCCNC(=O)C1=CC2=C3C=C(Cl)C=CC3NC2=C2C=CN=CC12. The van der Waals surface area contributed by atoms with E-state index < -0.39 is 0 Å². The molecule has 0 bridgehead atoms. The molecule has 0 saturated carbocycles. The Labute approximate surface area is 164 Å². The van der Waals surface area contributed by atoms with Crippen LogP contribution in [0.25, 0.3) is 0 Å². The van der Waals surface area contributed by atoms with E-state index in [9.17, 15) is 4.79 Å². The average Bonchev–Trinajstić information content (AvgIpc) is 3.02. The third-order valence-electron chi connectivity index (χ3n) is 5.12. The summed E-state index contributed by atoms with van der Waals surface area (Å²) in [6.45, 7) is 1.60. The number of hydrogen-bond acceptors (Lipinski definition) is 4. The van der Waals surface area contributed by atoms with Crippen molar-refractivity contribution < 1.29 is 4.79 Å². The molecule has 1 amide bonds. The zero-order valence-electron chi connectivity index (χ0n) is 15.5. The number of carbonyl (C=O) groups excluding carboxylic acids is 1. The molecule has 4 aliphatic rings. The molecule has 0 aromatic rings. The summed E-state index contributed by atoms with van der Waals surface area (Å²) in [5, 5.41) is 7.32. The van der Waals surface area contributed by atoms with Gasteiger partial charge in [0.2, 0.25) is 5.91 Å². The first-order valence-corrected chi connectivity index (χ1v) is 9.57. The minimum absolute atomic E-state index is 0.0324. The van der Waals surface area contributed by atoms with Crippen LogP contribution in [0.1, 0.15) is 6.42 Å². The van der Waals surface area contributed by atoms with Crippen LogP contribution in [0.3, 0.4) is 0 Å². The van der Waals surface area contributed by atoms with Crippen molar-refractivity contribution in [3.63, 3.8) is 0 Å². The quantitative estimate of drug-likeness (QED) is 0.718. The lowest BCUT2D eigenvalue weighted by molar-refractivity contribution is -0.117. The number of halogens is 1. The van der Waals surface area contributed by atoms with E-state index in [0.717, 1.165) is 41.0 Å². The highest BCUT2D eigenvalue weighted by Crippen LogP contribution is 2.41. The number of allylic oxidation sites excluding steroid dienone is 5. The molecule has 2 aliphatic heterocycles. The fraction of sp³-hybridized carbons (Fsp3) is 0.333. The third kappa shape index (κ3) is 3.45. The Morgan fingerprint density at radius 1 is 1.30 bits per heavy atom. The summed E-state index contributed by atoms with van der Waals surface area (Å²) in [5.41, 5.74) is 5.04. The van der Waals surface area contributed by atoms with E-state index in [1.165, 1.54) is 0 Å². The molecule has 5 nitrogen and oxygen atoms in total. The number of hydrogen-bond donors (Lipinski definition) is 2. The van der Waals surface area contributed by atoms with Gasteiger partial charge in [0.05, 0.1) is 12.0 Å². The second-order valence-electron chi connectivity index (χ2n) is 7.31. The second kappa shape index (κ2) is 7.33. The van der Waals surface area contributed by atoms with Gasteiger partial charge in [-0.25, -0.2) is 0 Å². The van der Waals surface area contributed by atoms with Crippen molar-refractivity contribution in [3.05, 3.63) is 69.6 Å². The minimum Gasteiger partial charge on any atom is -0.374 e. The Morgan fingerprint density at radius 2 is 2.15 bits per heavy atom. The van der Waals surface area contributed by atoms with Crippen LogP contribution < -0.4 is 10.6 Å². The van der Waals surface area contributed by atoms with Gasteiger partial charge < -0.3 is 15.5 Å². The Morgan fingerprint density at radius 3 is 2.96 bits per heavy atom. The zero-order valence-corrected chi connectivity index (χ0v) is 16.3. The van der Waals surface area contributed by atoms with Gasteiger partial charge in [0.25, 0.3) is 0 Å². The standard InChI is InChI=1S/C21H23ClN4O/c1-26(2)9-3-7-24-21(27)17-11-16-15-10-13(22)4-5-19(15)25-20(16)14-6-8-23-12-18(14)17/h4-6,8,10-12,18-19,25H,3,7,9H2,1-2H3,(H,24,27). The number of nitrogens with one attached hydrogen (secondary N) is 2. The molecule has 2 atom stereocenters. The number of nitrogens with zero attached hydrogens (tertiary/aromatic N) is 2. The first-order chi connectivity index (χ1) is 13.0.